The number of benzene rings is 7. The molecule has 7 aromatic carbocycles. The van der Waals surface area contributed by atoms with Crippen LogP contribution in [0.1, 0.15) is 11.1 Å². The lowest BCUT2D eigenvalue weighted by Gasteiger charge is -2.19. The van der Waals surface area contributed by atoms with Gasteiger partial charge in [0.25, 0.3) is 0 Å². The predicted octanol–water partition coefficient (Wildman–Crippen LogP) is 11.5. The van der Waals surface area contributed by atoms with Gasteiger partial charge >= 0.3 is 0 Å². The average Bonchev–Trinajstić information content (AvgIpc) is 3.70. The zero-order valence-corrected chi connectivity index (χ0v) is 26.7. The van der Waals surface area contributed by atoms with Crippen molar-refractivity contribution in [2.24, 2.45) is 0 Å². The van der Waals surface area contributed by atoms with Gasteiger partial charge in [0, 0.05) is 32.8 Å². The van der Waals surface area contributed by atoms with Crippen molar-refractivity contribution in [1.82, 2.24) is 9.13 Å². The Kier molecular flexibility index (Phi) is 6.56. The maximum atomic E-state index is 10.2. The molecule has 0 saturated carbocycles. The fourth-order valence-corrected chi connectivity index (χ4v) is 7.48. The number of fused-ring (bicyclic) bond motifs is 6. The minimum absolute atomic E-state index is 0.375. The summed E-state index contributed by atoms with van der Waals surface area (Å²) >= 11 is 0. The molecular weight excluding hydrogens is 611 g/mol. The largest absolute Gasteiger partial charge is 0.318 e. The molecule has 0 bridgehead atoms. The monoisotopic (exact) mass is 635 g/mol. The van der Waals surface area contributed by atoms with Crippen molar-refractivity contribution in [3.05, 3.63) is 174 Å². The van der Waals surface area contributed by atoms with Crippen LogP contribution >= 0.6 is 0 Å². The fraction of sp³-hybridized carbons (Fsp3) is 0. The molecule has 0 aliphatic rings. The first-order valence-corrected chi connectivity index (χ1v) is 16.3. The van der Waals surface area contributed by atoms with Crippen LogP contribution in [0.4, 0.5) is 5.69 Å². The maximum Gasteiger partial charge on any atom is 0.212 e. The van der Waals surface area contributed by atoms with Crippen molar-refractivity contribution in [1.29, 1.82) is 10.5 Å². The van der Waals surface area contributed by atoms with Crippen molar-refractivity contribution >= 4 is 49.3 Å². The Balaban J connectivity index is 1.32. The van der Waals surface area contributed by atoms with Gasteiger partial charge in [0.05, 0.1) is 52.0 Å². The predicted molar refractivity (Wildman–Crippen MR) is 202 cm³/mol. The van der Waals surface area contributed by atoms with Crippen LogP contribution in [0.15, 0.2) is 152 Å². The van der Waals surface area contributed by atoms with Gasteiger partial charge in [-0.25, -0.2) is 4.85 Å². The van der Waals surface area contributed by atoms with E-state index >= 15 is 0 Å². The SMILES string of the molecule is [C-]#[N+]c1cc(C#N)cc(-c2ccccc2-c2cccc(-n3c4ccccc4c4ccccc43)c2)c1-n1c2ccccc2c2cc(C#N)ccc21. The zero-order valence-electron chi connectivity index (χ0n) is 26.7. The highest BCUT2D eigenvalue weighted by Crippen LogP contribution is 2.44. The Morgan fingerprint density at radius 1 is 0.460 bits per heavy atom. The minimum Gasteiger partial charge on any atom is -0.318 e. The van der Waals surface area contributed by atoms with Gasteiger partial charge in [-0.1, -0.05) is 91.0 Å². The van der Waals surface area contributed by atoms with E-state index in [1.54, 1.807) is 6.07 Å². The topological polar surface area (TPSA) is 61.8 Å². The lowest BCUT2D eigenvalue weighted by Crippen LogP contribution is -2.00. The van der Waals surface area contributed by atoms with Crippen molar-refractivity contribution in [3.8, 4) is 45.8 Å². The highest BCUT2D eigenvalue weighted by Gasteiger charge is 2.22. The van der Waals surface area contributed by atoms with Crippen molar-refractivity contribution in [3.63, 3.8) is 0 Å². The van der Waals surface area contributed by atoms with Crippen molar-refractivity contribution in [2.75, 3.05) is 0 Å². The van der Waals surface area contributed by atoms with E-state index in [9.17, 15) is 10.5 Å². The molecule has 2 heterocycles. The van der Waals surface area contributed by atoms with Gasteiger partial charge in [-0.2, -0.15) is 10.5 Å². The summed E-state index contributed by atoms with van der Waals surface area (Å²) in [7, 11) is 0. The maximum absolute atomic E-state index is 10.2. The van der Waals surface area contributed by atoms with E-state index in [0.717, 1.165) is 60.8 Å². The van der Waals surface area contributed by atoms with Gasteiger partial charge < -0.3 is 9.13 Å². The van der Waals surface area contributed by atoms with Crippen LogP contribution < -0.4 is 0 Å². The van der Waals surface area contributed by atoms with Crippen LogP contribution in [-0.4, -0.2) is 9.13 Å². The molecule has 5 nitrogen and oxygen atoms in total. The second-order valence-electron chi connectivity index (χ2n) is 12.3. The number of rotatable bonds is 4. The Bertz CT molecular complexity index is 2920. The van der Waals surface area contributed by atoms with Gasteiger partial charge in [0.1, 0.15) is 0 Å². The molecule has 0 spiro atoms. The molecule has 230 valence electrons. The summed E-state index contributed by atoms with van der Waals surface area (Å²) in [5, 5.41) is 24.2. The van der Waals surface area contributed by atoms with E-state index in [1.165, 1.54) is 10.8 Å². The molecule has 0 aliphatic carbocycles. The first-order valence-electron chi connectivity index (χ1n) is 16.3. The van der Waals surface area contributed by atoms with Crippen LogP contribution in [0.25, 0.3) is 82.1 Å². The van der Waals surface area contributed by atoms with E-state index in [1.807, 2.05) is 60.7 Å². The third kappa shape index (κ3) is 4.31. The van der Waals surface area contributed by atoms with Gasteiger partial charge in [0.2, 0.25) is 5.69 Å². The van der Waals surface area contributed by atoms with Gasteiger partial charge in [-0.3, -0.25) is 0 Å². The lowest BCUT2D eigenvalue weighted by molar-refractivity contribution is 1.18. The van der Waals surface area contributed by atoms with Crippen molar-refractivity contribution in [2.45, 2.75) is 0 Å². The van der Waals surface area contributed by atoms with Gasteiger partial charge in [-0.05, 0) is 82.9 Å². The van der Waals surface area contributed by atoms with Gasteiger partial charge in [0.15, 0.2) is 0 Å². The normalized spacial score (nSPS) is 11.1. The molecule has 9 aromatic rings. The first-order chi connectivity index (χ1) is 24.7. The molecular formula is C45H25N5. The van der Waals surface area contributed by atoms with Crippen LogP contribution in [-0.2, 0) is 0 Å². The van der Waals surface area contributed by atoms with Crippen LogP contribution in [0, 0.1) is 29.2 Å². The molecule has 0 radical (unpaired) electrons. The summed E-state index contributed by atoms with van der Waals surface area (Å²) < 4.78 is 4.42. The summed E-state index contributed by atoms with van der Waals surface area (Å²) in [4.78, 5) is 4.00. The minimum atomic E-state index is 0.375. The Labute approximate surface area is 288 Å². The molecule has 2 aromatic heterocycles. The Morgan fingerprint density at radius 3 is 1.70 bits per heavy atom. The highest BCUT2D eigenvalue weighted by molar-refractivity contribution is 6.12. The van der Waals surface area contributed by atoms with Gasteiger partial charge in [-0.15, -0.1) is 0 Å². The van der Waals surface area contributed by atoms with Crippen LogP contribution in [0.3, 0.4) is 0 Å². The molecule has 0 saturated heterocycles. The summed E-state index contributed by atoms with van der Waals surface area (Å²) in [5.41, 5.74) is 10.8. The Morgan fingerprint density at radius 2 is 1.04 bits per heavy atom. The number of hydrogen-bond acceptors (Lipinski definition) is 2. The lowest BCUT2D eigenvalue weighted by atomic mass is 9.91. The van der Waals surface area contributed by atoms with Crippen molar-refractivity contribution < 1.29 is 0 Å². The molecule has 5 heteroatoms. The number of hydrogen-bond donors (Lipinski definition) is 0. The molecule has 0 unspecified atom stereocenters. The number of nitrogens with zero attached hydrogens (tertiary/aromatic N) is 5. The summed E-state index contributed by atoms with van der Waals surface area (Å²) in [6.45, 7) is 8.31. The average molecular weight is 636 g/mol. The molecule has 0 aliphatic heterocycles. The highest BCUT2D eigenvalue weighted by atomic mass is 15.0. The number of aromatic nitrogens is 2. The summed E-state index contributed by atoms with van der Waals surface area (Å²) in [6, 6.07) is 55.6. The van der Waals surface area contributed by atoms with Crippen LogP contribution in [0.5, 0.6) is 0 Å². The second kappa shape index (κ2) is 11.4. The first kappa shape index (κ1) is 28.8. The molecule has 9 rings (SSSR count). The summed E-state index contributed by atoms with van der Waals surface area (Å²) in [5.74, 6) is 0. The van der Waals surface area contributed by atoms with E-state index in [2.05, 4.69) is 111 Å². The molecule has 0 N–H and O–H groups in total. The quantitative estimate of drug-likeness (QED) is 0.181. The standard InChI is InChI=1S/C45H25N5/c1-48-40-25-30(28-47)24-39(45(40)50-43-20-9-6-17-37(43)38-23-29(27-46)21-22-44(38)50)34-14-3-2-13-33(34)31-11-10-12-32(26-31)49-41-18-7-4-15-35(41)36-16-5-8-19-42(36)49/h2-26H. The number of nitriles is 2. The number of para-hydroxylation sites is 3. The van der Waals surface area contributed by atoms with E-state index in [-0.39, 0.29) is 0 Å². The Hall–Kier alpha value is -7.39. The van der Waals surface area contributed by atoms with E-state index < -0.39 is 0 Å². The fourth-order valence-electron chi connectivity index (χ4n) is 7.48. The third-order valence-electron chi connectivity index (χ3n) is 9.58. The molecule has 50 heavy (non-hydrogen) atoms. The van der Waals surface area contributed by atoms with E-state index in [4.69, 9.17) is 6.57 Å². The summed E-state index contributed by atoms with van der Waals surface area (Å²) in [6.07, 6.45) is 0. The molecule has 0 atom stereocenters. The second-order valence-corrected chi connectivity index (χ2v) is 12.3. The van der Waals surface area contributed by atoms with E-state index in [0.29, 0.717) is 22.5 Å². The zero-order chi connectivity index (χ0) is 33.8. The molecule has 0 fully saturated rings. The third-order valence-corrected chi connectivity index (χ3v) is 9.58. The van der Waals surface area contributed by atoms with Crippen LogP contribution in [0.2, 0.25) is 0 Å². The smallest absolute Gasteiger partial charge is 0.212 e. The molecule has 0 amide bonds.